The first-order valence-corrected chi connectivity index (χ1v) is 10.4. The molecular formula is C21H25F3N4O3. The van der Waals surface area contributed by atoms with Crippen LogP contribution >= 0.6 is 0 Å². The minimum atomic E-state index is -2.79. The molecule has 3 heterocycles. The van der Waals surface area contributed by atoms with Crippen LogP contribution in [0.2, 0.25) is 0 Å². The Morgan fingerprint density at radius 3 is 2.42 bits per heavy atom. The van der Waals surface area contributed by atoms with Gasteiger partial charge < -0.3 is 14.9 Å². The third kappa shape index (κ3) is 3.83. The van der Waals surface area contributed by atoms with Crippen molar-refractivity contribution in [2.45, 2.75) is 50.5 Å². The SMILES string of the molecule is CF.O=C(c1nn2c(C(F)F)cc(C3CC3)cc2c1O)N1CCN(C2CCC2)C(=O)C1. The maximum atomic E-state index is 13.6. The lowest BCUT2D eigenvalue weighted by atomic mass is 9.91. The smallest absolute Gasteiger partial charge is 0.280 e. The summed E-state index contributed by atoms with van der Waals surface area (Å²) in [5.41, 5.74) is 0.202. The predicted octanol–water partition coefficient (Wildman–Crippen LogP) is 3.28. The van der Waals surface area contributed by atoms with Gasteiger partial charge in [0, 0.05) is 19.1 Å². The molecule has 1 N–H and O–H groups in total. The Morgan fingerprint density at radius 2 is 1.87 bits per heavy atom. The zero-order chi connectivity index (χ0) is 22.3. The third-order valence-corrected chi connectivity index (χ3v) is 6.29. The zero-order valence-electron chi connectivity index (χ0n) is 17.2. The molecule has 10 heteroatoms. The second-order valence-corrected chi connectivity index (χ2v) is 8.18. The average Bonchev–Trinajstić information content (AvgIpc) is 3.52. The largest absolute Gasteiger partial charge is 0.504 e. The van der Waals surface area contributed by atoms with Gasteiger partial charge in [-0.3, -0.25) is 14.0 Å². The number of aromatic nitrogens is 2. The van der Waals surface area contributed by atoms with Gasteiger partial charge in [0.15, 0.2) is 11.4 Å². The molecule has 1 saturated heterocycles. The number of carbonyl (C=O) groups excluding carboxylic acids is 2. The fourth-order valence-corrected chi connectivity index (χ4v) is 4.23. The highest BCUT2D eigenvalue weighted by molar-refractivity contribution is 5.99. The zero-order valence-corrected chi connectivity index (χ0v) is 17.2. The van der Waals surface area contributed by atoms with Crippen molar-refractivity contribution < 1.29 is 27.9 Å². The second kappa shape index (κ2) is 8.39. The summed E-state index contributed by atoms with van der Waals surface area (Å²) in [6.07, 6.45) is 2.16. The van der Waals surface area contributed by atoms with E-state index in [9.17, 15) is 27.9 Å². The Hall–Kier alpha value is -2.78. The minimum Gasteiger partial charge on any atom is -0.504 e. The number of amides is 2. The van der Waals surface area contributed by atoms with Gasteiger partial charge >= 0.3 is 0 Å². The molecule has 2 aliphatic carbocycles. The molecule has 168 valence electrons. The molecule has 0 aromatic carbocycles. The molecule has 7 nitrogen and oxygen atoms in total. The Morgan fingerprint density at radius 1 is 1.16 bits per heavy atom. The van der Waals surface area contributed by atoms with Crippen molar-refractivity contribution in [3.63, 3.8) is 0 Å². The van der Waals surface area contributed by atoms with Crippen LogP contribution in [0.4, 0.5) is 13.2 Å². The highest BCUT2D eigenvalue weighted by atomic mass is 19.3. The number of carbonyl (C=O) groups is 2. The van der Waals surface area contributed by atoms with E-state index in [1.807, 2.05) is 4.90 Å². The van der Waals surface area contributed by atoms with Crippen LogP contribution in [0.1, 0.15) is 66.2 Å². The number of alkyl halides is 3. The molecule has 0 spiro atoms. The van der Waals surface area contributed by atoms with Crippen molar-refractivity contribution in [2.75, 3.05) is 26.8 Å². The highest BCUT2D eigenvalue weighted by Crippen LogP contribution is 2.42. The lowest BCUT2D eigenvalue weighted by Gasteiger charge is -2.42. The number of piperazine rings is 1. The van der Waals surface area contributed by atoms with Crippen LogP contribution in [0.25, 0.3) is 5.52 Å². The van der Waals surface area contributed by atoms with Crippen molar-refractivity contribution in [3.8, 4) is 5.75 Å². The van der Waals surface area contributed by atoms with Crippen molar-refractivity contribution >= 4 is 17.3 Å². The van der Waals surface area contributed by atoms with Gasteiger partial charge in [0.2, 0.25) is 5.91 Å². The average molecular weight is 438 g/mol. The van der Waals surface area contributed by atoms with Gasteiger partial charge in [0.1, 0.15) is 17.8 Å². The molecule has 1 aliphatic heterocycles. The molecule has 3 aliphatic rings. The van der Waals surface area contributed by atoms with Crippen LogP contribution < -0.4 is 0 Å². The maximum absolute atomic E-state index is 13.6. The predicted molar refractivity (Wildman–Crippen MR) is 106 cm³/mol. The van der Waals surface area contributed by atoms with E-state index in [2.05, 4.69) is 5.10 Å². The van der Waals surface area contributed by atoms with Crippen molar-refractivity contribution in [1.29, 1.82) is 0 Å². The van der Waals surface area contributed by atoms with Gasteiger partial charge in [0.05, 0.1) is 7.18 Å². The molecule has 2 aromatic rings. The summed E-state index contributed by atoms with van der Waals surface area (Å²) >= 11 is 0. The highest BCUT2D eigenvalue weighted by Gasteiger charge is 2.36. The Kier molecular flexibility index (Phi) is 5.81. The number of nitrogens with zero attached hydrogens (tertiary/aromatic N) is 4. The molecule has 5 rings (SSSR count). The summed E-state index contributed by atoms with van der Waals surface area (Å²) in [6, 6.07) is 3.29. The van der Waals surface area contributed by atoms with Gasteiger partial charge in [-0.15, -0.1) is 0 Å². The monoisotopic (exact) mass is 438 g/mol. The van der Waals surface area contributed by atoms with Crippen molar-refractivity contribution in [3.05, 3.63) is 29.1 Å². The van der Waals surface area contributed by atoms with Crippen molar-refractivity contribution in [1.82, 2.24) is 19.4 Å². The van der Waals surface area contributed by atoms with E-state index in [4.69, 9.17) is 0 Å². The van der Waals surface area contributed by atoms with E-state index in [0.717, 1.165) is 42.2 Å². The molecule has 2 amide bonds. The normalized spacial score (nSPS) is 19.5. The van der Waals surface area contributed by atoms with E-state index in [1.54, 1.807) is 6.07 Å². The molecule has 0 unspecified atom stereocenters. The Labute approximate surface area is 177 Å². The van der Waals surface area contributed by atoms with Crippen LogP contribution in [0.3, 0.4) is 0 Å². The van der Waals surface area contributed by atoms with Crippen LogP contribution in [0, 0.1) is 0 Å². The van der Waals surface area contributed by atoms with Gasteiger partial charge in [-0.1, -0.05) is 0 Å². The Balaban J connectivity index is 0.00000112. The lowest BCUT2D eigenvalue weighted by Crippen LogP contribution is -2.56. The maximum Gasteiger partial charge on any atom is 0.280 e. The van der Waals surface area contributed by atoms with E-state index in [1.165, 1.54) is 11.0 Å². The number of halogens is 3. The summed E-state index contributed by atoms with van der Waals surface area (Å²) < 4.78 is 37.6. The number of pyridine rings is 1. The van der Waals surface area contributed by atoms with E-state index in [0.29, 0.717) is 20.3 Å². The van der Waals surface area contributed by atoms with Gasteiger partial charge in [0.25, 0.3) is 12.3 Å². The molecule has 3 fully saturated rings. The summed E-state index contributed by atoms with van der Waals surface area (Å²) in [5, 5.41) is 14.6. The molecule has 2 aromatic heterocycles. The lowest BCUT2D eigenvalue weighted by molar-refractivity contribution is -0.139. The number of aromatic hydroxyl groups is 1. The second-order valence-electron chi connectivity index (χ2n) is 8.18. The number of hydrogen-bond acceptors (Lipinski definition) is 4. The molecule has 0 bridgehead atoms. The first-order chi connectivity index (χ1) is 14.9. The molecule has 2 saturated carbocycles. The van der Waals surface area contributed by atoms with Gasteiger partial charge in [-0.05, 0) is 55.7 Å². The summed E-state index contributed by atoms with van der Waals surface area (Å²) in [6.45, 7) is 0.693. The topological polar surface area (TPSA) is 78.2 Å². The fraction of sp³-hybridized carbons (Fsp3) is 0.571. The Bertz CT molecular complexity index is 1000. The van der Waals surface area contributed by atoms with E-state index in [-0.39, 0.29) is 41.3 Å². The number of fused-ring (bicyclic) bond motifs is 1. The first kappa shape index (κ1) is 21.5. The molecule has 0 atom stereocenters. The fourth-order valence-electron chi connectivity index (χ4n) is 4.23. The number of rotatable bonds is 4. The third-order valence-electron chi connectivity index (χ3n) is 6.29. The van der Waals surface area contributed by atoms with Gasteiger partial charge in [-0.25, -0.2) is 13.3 Å². The minimum absolute atomic E-state index is 0.0856. The molecule has 31 heavy (non-hydrogen) atoms. The van der Waals surface area contributed by atoms with Crippen LogP contribution in [-0.4, -0.2) is 69.2 Å². The molecular weight excluding hydrogens is 413 g/mol. The van der Waals surface area contributed by atoms with Gasteiger partial charge in [-0.2, -0.15) is 5.10 Å². The first-order valence-electron chi connectivity index (χ1n) is 10.4. The summed E-state index contributed by atoms with van der Waals surface area (Å²) in [7, 11) is 0.500. The van der Waals surface area contributed by atoms with Crippen molar-refractivity contribution in [2.24, 2.45) is 0 Å². The summed E-state index contributed by atoms with van der Waals surface area (Å²) in [5.74, 6) is -0.931. The standard InChI is InChI=1S/C20H22F2N4O3.CH3F/c21-19(22)15-9-12(11-4-5-11)8-14-18(28)17(23-26(14)15)20(29)24-6-7-25(16(27)10-24)13-2-1-3-13;1-2/h8-9,11,13,19,28H,1-7,10H2;1H3. The molecule has 0 radical (unpaired) electrons. The quantitative estimate of drug-likeness (QED) is 0.795. The van der Waals surface area contributed by atoms with Crippen LogP contribution in [0.5, 0.6) is 5.75 Å². The number of hydrogen-bond donors (Lipinski definition) is 1. The van der Waals surface area contributed by atoms with Crippen LogP contribution in [0.15, 0.2) is 12.1 Å². The van der Waals surface area contributed by atoms with Crippen LogP contribution in [-0.2, 0) is 4.79 Å². The summed E-state index contributed by atoms with van der Waals surface area (Å²) in [4.78, 5) is 28.5. The van der Waals surface area contributed by atoms with E-state index < -0.39 is 18.1 Å². The van der Waals surface area contributed by atoms with E-state index >= 15 is 0 Å².